The van der Waals surface area contributed by atoms with E-state index in [4.69, 9.17) is 0 Å². The van der Waals surface area contributed by atoms with Crippen molar-refractivity contribution in [2.24, 2.45) is 0 Å². The van der Waals surface area contributed by atoms with E-state index in [0.29, 0.717) is 5.69 Å². The van der Waals surface area contributed by atoms with Gasteiger partial charge in [-0.15, -0.1) is 0 Å². The van der Waals surface area contributed by atoms with Crippen LogP contribution in [0.3, 0.4) is 0 Å². The summed E-state index contributed by atoms with van der Waals surface area (Å²) in [6.07, 6.45) is 3.47. The Morgan fingerprint density at radius 2 is 1.52 bits per heavy atom. The fourth-order valence-electron chi connectivity index (χ4n) is 2.57. The van der Waals surface area contributed by atoms with E-state index in [1.807, 2.05) is 0 Å². The van der Waals surface area contributed by atoms with Gasteiger partial charge in [0.2, 0.25) is 5.91 Å². The molecule has 1 aliphatic carbocycles. The number of amides is 3. The first-order valence-electron chi connectivity index (χ1n) is 7.16. The average molecular weight is 291 g/mol. The molecule has 0 spiro atoms. The van der Waals surface area contributed by atoms with Gasteiger partial charge in [-0.25, -0.2) is 4.79 Å². The smallest absolute Gasteiger partial charge is 0.319 e. The third kappa shape index (κ3) is 4.98. The number of hydrogen-bond acceptors (Lipinski definition) is 3. The van der Waals surface area contributed by atoms with Gasteiger partial charge in [0.15, 0.2) is 0 Å². The van der Waals surface area contributed by atoms with Crippen LogP contribution in [0.5, 0.6) is 5.75 Å². The summed E-state index contributed by atoms with van der Waals surface area (Å²) in [5.41, 5.74) is 0.636. The molecule has 0 atom stereocenters. The Kier molecular flexibility index (Phi) is 5.03. The Hall–Kier alpha value is -2.24. The number of carbonyl (C=O) groups excluding carboxylic acids is 2. The minimum Gasteiger partial charge on any atom is -0.508 e. The molecule has 0 bridgehead atoms. The molecule has 114 valence electrons. The highest BCUT2D eigenvalue weighted by molar-refractivity contribution is 5.89. The molecule has 0 heterocycles. The van der Waals surface area contributed by atoms with E-state index in [1.54, 1.807) is 12.1 Å². The molecule has 0 aromatic heterocycles. The van der Waals surface area contributed by atoms with Crippen LogP contribution in [0.15, 0.2) is 24.3 Å². The molecule has 0 radical (unpaired) electrons. The monoisotopic (exact) mass is 291 g/mol. The standard InChI is InChI=1S/C15H21N3O3/c1-10(19)16-11-2-4-12(5-3-11)17-15(21)18-13-6-8-14(20)9-7-13/h6-9,11-12,20H,2-5H2,1H3,(H,16,19)(H2,17,18,21). The van der Waals surface area contributed by atoms with E-state index in [0.717, 1.165) is 25.7 Å². The normalized spacial score (nSPS) is 21.4. The van der Waals surface area contributed by atoms with E-state index < -0.39 is 0 Å². The number of benzene rings is 1. The molecule has 2 rings (SSSR count). The van der Waals surface area contributed by atoms with Crippen molar-refractivity contribution in [1.29, 1.82) is 0 Å². The first kappa shape index (κ1) is 15.2. The largest absolute Gasteiger partial charge is 0.508 e. The van der Waals surface area contributed by atoms with Gasteiger partial charge in [-0.2, -0.15) is 0 Å². The molecule has 6 nitrogen and oxygen atoms in total. The number of phenolic OH excluding ortho intramolecular Hbond substituents is 1. The zero-order valence-electron chi connectivity index (χ0n) is 12.1. The van der Waals surface area contributed by atoms with Crippen LogP contribution in [-0.2, 0) is 4.79 Å². The Morgan fingerprint density at radius 3 is 2.05 bits per heavy atom. The van der Waals surface area contributed by atoms with Gasteiger partial charge in [-0.05, 0) is 49.9 Å². The maximum atomic E-state index is 11.9. The topological polar surface area (TPSA) is 90.5 Å². The molecule has 1 fully saturated rings. The molecule has 1 saturated carbocycles. The molecule has 1 aromatic carbocycles. The molecular weight excluding hydrogens is 270 g/mol. The van der Waals surface area contributed by atoms with Gasteiger partial charge >= 0.3 is 6.03 Å². The van der Waals surface area contributed by atoms with Crippen LogP contribution in [-0.4, -0.2) is 29.1 Å². The SMILES string of the molecule is CC(=O)NC1CCC(NC(=O)Nc2ccc(O)cc2)CC1. The van der Waals surface area contributed by atoms with Crippen molar-refractivity contribution < 1.29 is 14.7 Å². The zero-order valence-corrected chi connectivity index (χ0v) is 12.1. The van der Waals surface area contributed by atoms with Gasteiger partial charge in [0.05, 0.1) is 0 Å². The lowest BCUT2D eigenvalue weighted by molar-refractivity contribution is -0.119. The second-order valence-corrected chi connectivity index (χ2v) is 5.39. The molecule has 0 saturated heterocycles. The van der Waals surface area contributed by atoms with Crippen LogP contribution in [0.4, 0.5) is 10.5 Å². The second kappa shape index (κ2) is 6.97. The fraction of sp³-hybridized carbons (Fsp3) is 0.467. The Balaban J connectivity index is 1.74. The quantitative estimate of drug-likeness (QED) is 0.642. The predicted octanol–water partition coefficient (Wildman–Crippen LogP) is 1.96. The highest BCUT2D eigenvalue weighted by Crippen LogP contribution is 2.19. The summed E-state index contributed by atoms with van der Waals surface area (Å²) >= 11 is 0. The molecule has 21 heavy (non-hydrogen) atoms. The van der Waals surface area contributed by atoms with Gasteiger partial charge in [-0.3, -0.25) is 4.79 Å². The summed E-state index contributed by atoms with van der Waals surface area (Å²) in [5, 5.41) is 17.8. The van der Waals surface area contributed by atoms with Gasteiger partial charge in [-0.1, -0.05) is 0 Å². The van der Waals surface area contributed by atoms with E-state index >= 15 is 0 Å². The Labute approximate surface area is 123 Å². The van der Waals surface area contributed by atoms with E-state index in [-0.39, 0.29) is 29.8 Å². The Morgan fingerprint density at radius 1 is 1.00 bits per heavy atom. The highest BCUT2D eigenvalue weighted by Gasteiger charge is 2.22. The first-order chi connectivity index (χ1) is 10.0. The zero-order chi connectivity index (χ0) is 15.2. The number of aromatic hydroxyl groups is 1. The summed E-state index contributed by atoms with van der Waals surface area (Å²) in [4.78, 5) is 22.9. The predicted molar refractivity (Wildman–Crippen MR) is 80.1 cm³/mol. The molecule has 0 aliphatic heterocycles. The molecule has 4 N–H and O–H groups in total. The van der Waals surface area contributed by atoms with E-state index in [1.165, 1.54) is 19.1 Å². The van der Waals surface area contributed by atoms with Crippen molar-refractivity contribution in [3.8, 4) is 5.75 Å². The van der Waals surface area contributed by atoms with Crippen LogP contribution in [0.2, 0.25) is 0 Å². The Bertz CT molecular complexity index is 493. The average Bonchev–Trinajstić information content (AvgIpc) is 2.43. The number of rotatable bonds is 3. The lowest BCUT2D eigenvalue weighted by atomic mass is 9.91. The molecule has 1 aliphatic rings. The summed E-state index contributed by atoms with van der Waals surface area (Å²) in [6, 6.07) is 6.43. The minimum atomic E-state index is -0.247. The highest BCUT2D eigenvalue weighted by atomic mass is 16.3. The summed E-state index contributed by atoms with van der Waals surface area (Å²) < 4.78 is 0. The van der Waals surface area contributed by atoms with Crippen molar-refractivity contribution in [2.75, 3.05) is 5.32 Å². The second-order valence-electron chi connectivity index (χ2n) is 5.39. The van der Waals surface area contributed by atoms with Crippen LogP contribution in [0.25, 0.3) is 0 Å². The number of nitrogens with one attached hydrogen (secondary N) is 3. The van der Waals surface area contributed by atoms with Gasteiger partial charge in [0.1, 0.15) is 5.75 Å². The molecule has 3 amide bonds. The fourth-order valence-corrected chi connectivity index (χ4v) is 2.57. The summed E-state index contributed by atoms with van der Waals surface area (Å²) in [7, 11) is 0. The van der Waals surface area contributed by atoms with Crippen LogP contribution in [0.1, 0.15) is 32.6 Å². The van der Waals surface area contributed by atoms with Crippen molar-refractivity contribution in [1.82, 2.24) is 10.6 Å². The third-order valence-corrected chi connectivity index (χ3v) is 3.59. The van der Waals surface area contributed by atoms with Gasteiger partial charge < -0.3 is 21.1 Å². The summed E-state index contributed by atoms with van der Waals surface area (Å²) in [6.45, 7) is 1.52. The first-order valence-corrected chi connectivity index (χ1v) is 7.16. The van der Waals surface area contributed by atoms with Crippen LogP contribution in [0, 0.1) is 0 Å². The van der Waals surface area contributed by atoms with Crippen LogP contribution >= 0.6 is 0 Å². The van der Waals surface area contributed by atoms with Crippen molar-refractivity contribution in [2.45, 2.75) is 44.7 Å². The maximum absolute atomic E-state index is 11.9. The van der Waals surface area contributed by atoms with Gasteiger partial charge in [0.25, 0.3) is 0 Å². The minimum absolute atomic E-state index is 0.00326. The number of anilines is 1. The number of carbonyl (C=O) groups is 2. The van der Waals surface area contributed by atoms with Gasteiger partial charge in [0, 0.05) is 24.7 Å². The lowest BCUT2D eigenvalue weighted by Gasteiger charge is -2.29. The maximum Gasteiger partial charge on any atom is 0.319 e. The van der Waals surface area contributed by atoms with Crippen LogP contribution < -0.4 is 16.0 Å². The number of urea groups is 1. The van der Waals surface area contributed by atoms with E-state index in [9.17, 15) is 14.7 Å². The molecule has 1 aromatic rings. The molecule has 6 heteroatoms. The molecular formula is C15H21N3O3. The van der Waals surface area contributed by atoms with E-state index in [2.05, 4.69) is 16.0 Å². The van der Waals surface area contributed by atoms with Crippen molar-refractivity contribution >= 4 is 17.6 Å². The lowest BCUT2D eigenvalue weighted by Crippen LogP contribution is -2.44. The third-order valence-electron chi connectivity index (χ3n) is 3.59. The number of hydrogen-bond donors (Lipinski definition) is 4. The van der Waals surface area contributed by atoms with Crippen molar-refractivity contribution in [3.05, 3.63) is 24.3 Å². The van der Waals surface area contributed by atoms with Crippen molar-refractivity contribution in [3.63, 3.8) is 0 Å². The summed E-state index contributed by atoms with van der Waals surface area (Å²) in [5.74, 6) is 0.161. The molecule has 0 unspecified atom stereocenters. The number of phenols is 1.